The maximum atomic E-state index is 13.9. The van der Waals surface area contributed by atoms with Crippen molar-refractivity contribution in [3.05, 3.63) is 47.1 Å². The third kappa shape index (κ3) is 3.14. The van der Waals surface area contributed by atoms with Crippen LogP contribution in [0.1, 0.15) is 12.0 Å². The van der Waals surface area contributed by atoms with E-state index in [0.29, 0.717) is 25.1 Å². The second-order valence-electron chi connectivity index (χ2n) is 5.35. The molecule has 0 amide bonds. The van der Waals surface area contributed by atoms with Gasteiger partial charge in [0, 0.05) is 23.5 Å². The second-order valence-corrected chi connectivity index (χ2v) is 6.30. The molecule has 0 saturated carbocycles. The Morgan fingerprint density at radius 1 is 1.43 bits per heavy atom. The van der Waals surface area contributed by atoms with Crippen molar-refractivity contribution >= 4 is 17.3 Å². The first kappa shape index (κ1) is 14.2. The van der Waals surface area contributed by atoms with Crippen LogP contribution in [0, 0.1) is 11.7 Å². The molecule has 3 rings (SSSR count). The van der Waals surface area contributed by atoms with Crippen molar-refractivity contribution in [3.63, 3.8) is 0 Å². The van der Waals surface area contributed by atoms with Gasteiger partial charge in [-0.2, -0.15) is 0 Å². The summed E-state index contributed by atoms with van der Waals surface area (Å²) in [5.41, 5.74) is 1.64. The quantitative estimate of drug-likeness (QED) is 0.940. The molecule has 0 spiro atoms. The zero-order valence-corrected chi connectivity index (χ0v) is 12.3. The molecule has 110 valence electrons. The van der Waals surface area contributed by atoms with Gasteiger partial charge in [0.15, 0.2) is 0 Å². The highest BCUT2D eigenvalue weighted by molar-refractivity contribution is 7.13. The smallest absolute Gasteiger partial charge is 0.307 e. The van der Waals surface area contributed by atoms with Gasteiger partial charge in [-0.05, 0) is 42.1 Å². The minimum Gasteiger partial charge on any atom is -0.481 e. The molecule has 1 aliphatic heterocycles. The number of carbonyl (C=O) groups is 1. The number of nitrogens with zero attached hydrogens (tertiary/aromatic N) is 1. The Bertz CT molecular complexity index is 642. The number of carboxylic acids is 1. The van der Waals surface area contributed by atoms with E-state index in [1.54, 1.807) is 6.07 Å². The Balaban J connectivity index is 1.75. The fourth-order valence-electron chi connectivity index (χ4n) is 2.73. The SMILES string of the molecule is O=C(O)C1CCN(Cc2ccc(F)c(-c3cccs3)c2)C1. The van der Waals surface area contributed by atoms with E-state index in [-0.39, 0.29) is 11.7 Å². The van der Waals surface area contributed by atoms with Crippen molar-refractivity contribution in [2.75, 3.05) is 13.1 Å². The van der Waals surface area contributed by atoms with Gasteiger partial charge in [-0.25, -0.2) is 4.39 Å². The molecule has 0 radical (unpaired) electrons. The molecule has 1 fully saturated rings. The molecule has 0 bridgehead atoms. The summed E-state index contributed by atoms with van der Waals surface area (Å²) in [4.78, 5) is 14.0. The van der Waals surface area contributed by atoms with Gasteiger partial charge in [0.1, 0.15) is 5.82 Å². The highest BCUT2D eigenvalue weighted by Gasteiger charge is 2.27. The molecule has 3 nitrogen and oxygen atoms in total. The molecule has 21 heavy (non-hydrogen) atoms. The number of aliphatic carboxylic acids is 1. The van der Waals surface area contributed by atoms with Crippen LogP contribution in [0.25, 0.3) is 10.4 Å². The molecule has 5 heteroatoms. The summed E-state index contributed by atoms with van der Waals surface area (Å²) in [5, 5.41) is 11.0. The van der Waals surface area contributed by atoms with Gasteiger partial charge in [0.05, 0.1) is 5.92 Å². The van der Waals surface area contributed by atoms with Gasteiger partial charge >= 0.3 is 5.97 Å². The molecule has 0 aliphatic carbocycles. The Morgan fingerprint density at radius 2 is 2.29 bits per heavy atom. The van der Waals surface area contributed by atoms with E-state index in [1.165, 1.54) is 17.4 Å². The zero-order valence-electron chi connectivity index (χ0n) is 11.5. The summed E-state index contributed by atoms with van der Waals surface area (Å²) in [6.45, 7) is 2.02. The summed E-state index contributed by atoms with van der Waals surface area (Å²) in [7, 11) is 0. The summed E-state index contributed by atoms with van der Waals surface area (Å²) in [5.74, 6) is -1.22. The molecule has 1 aromatic carbocycles. The number of hydrogen-bond acceptors (Lipinski definition) is 3. The standard InChI is InChI=1S/C16H16FNO2S/c17-14-4-3-11(8-13(14)15-2-1-7-21-15)9-18-6-5-12(10-18)16(19)20/h1-4,7-8,12H,5-6,9-10H2,(H,19,20). The molecule has 1 atom stereocenters. The predicted octanol–water partition coefficient (Wildman–Crippen LogP) is 3.46. The average Bonchev–Trinajstić information content (AvgIpc) is 3.12. The number of carboxylic acid groups (broad SMARTS) is 1. The molecule has 1 aromatic heterocycles. The first-order valence-electron chi connectivity index (χ1n) is 6.91. The van der Waals surface area contributed by atoms with Crippen molar-refractivity contribution in [2.45, 2.75) is 13.0 Å². The van der Waals surface area contributed by atoms with Crippen LogP contribution in [0.4, 0.5) is 4.39 Å². The number of likely N-dealkylation sites (tertiary alicyclic amines) is 1. The Morgan fingerprint density at radius 3 is 2.95 bits per heavy atom. The number of benzene rings is 1. The van der Waals surface area contributed by atoms with Crippen molar-refractivity contribution < 1.29 is 14.3 Å². The Kier molecular flexibility index (Phi) is 4.03. The van der Waals surface area contributed by atoms with Crippen LogP contribution in [-0.2, 0) is 11.3 Å². The number of rotatable bonds is 4. The third-order valence-electron chi connectivity index (χ3n) is 3.85. The van der Waals surface area contributed by atoms with Gasteiger partial charge < -0.3 is 5.11 Å². The van der Waals surface area contributed by atoms with Crippen molar-refractivity contribution in [3.8, 4) is 10.4 Å². The largest absolute Gasteiger partial charge is 0.481 e. The fourth-order valence-corrected chi connectivity index (χ4v) is 3.47. The minimum absolute atomic E-state index is 0.217. The lowest BCUT2D eigenvalue weighted by Gasteiger charge is -2.16. The highest BCUT2D eigenvalue weighted by atomic mass is 32.1. The first-order chi connectivity index (χ1) is 10.1. The topological polar surface area (TPSA) is 40.5 Å². The lowest BCUT2D eigenvalue weighted by molar-refractivity contribution is -0.141. The lowest BCUT2D eigenvalue weighted by atomic mass is 10.1. The van der Waals surface area contributed by atoms with E-state index in [9.17, 15) is 9.18 Å². The number of hydrogen-bond donors (Lipinski definition) is 1. The molecule has 1 N–H and O–H groups in total. The van der Waals surface area contributed by atoms with Crippen LogP contribution in [0.15, 0.2) is 35.7 Å². The number of thiophene rings is 1. The van der Waals surface area contributed by atoms with Gasteiger partial charge in [-0.3, -0.25) is 9.69 Å². The third-order valence-corrected chi connectivity index (χ3v) is 4.75. The monoisotopic (exact) mass is 305 g/mol. The van der Waals surface area contributed by atoms with E-state index in [2.05, 4.69) is 4.90 Å². The highest BCUT2D eigenvalue weighted by Crippen LogP contribution is 2.29. The Labute approximate surface area is 126 Å². The molecule has 2 heterocycles. The summed E-state index contributed by atoms with van der Waals surface area (Å²) >= 11 is 1.51. The Hall–Kier alpha value is -1.72. The van der Waals surface area contributed by atoms with E-state index < -0.39 is 5.97 Å². The first-order valence-corrected chi connectivity index (χ1v) is 7.79. The summed E-state index contributed by atoms with van der Waals surface area (Å²) in [6, 6.07) is 8.96. The van der Waals surface area contributed by atoms with Crippen molar-refractivity contribution in [1.82, 2.24) is 4.90 Å². The van der Waals surface area contributed by atoms with E-state index in [4.69, 9.17) is 5.11 Å². The van der Waals surface area contributed by atoms with Crippen LogP contribution in [-0.4, -0.2) is 29.1 Å². The summed E-state index contributed by atoms with van der Waals surface area (Å²) < 4.78 is 13.9. The van der Waals surface area contributed by atoms with Crippen LogP contribution in [0.3, 0.4) is 0 Å². The maximum absolute atomic E-state index is 13.9. The zero-order chi connectivity index (χ0) is 14.8. The van der Waals surface area contributed by atoms with Crippen LogP contribution < -0.4 is 0 Å². The predicted molar refractivity (Wildman–Crippen MR) is 80.7 cm³/mol. The second kappa shape index (κ2) is 5.95. The normalized spacial score (nSPS) is 19.0. The van der Waals surface area contributed by atoms with E-state index in [0.717, 1.165) is 17.0 Å². The number of halogens is 1. The molecule has 2 aromatic rings. The van der Waals surface area contributed by atoms with Gasteiger partial charge in [0.25, 0.3) is 0 Å². The van der Waals surface area contributed by atoms with Crippen LogP contribution in [0.2, 0.25) is 0 Å². The van der Waals surface area contributed by atoms with Gasteiger partial charge in [0.2, 0.25) is 0 Å². The average molecular weight is 305 g/mol. The minimum atomic E-state index is -0.726. The van der Waals surface area contributed by atoms with Crippen LogP contribution in [0.5, 0.6) is 0 Å². The molecular weight excluding hydrogens is 289 g/mol. The molecule has 1 saturated heterocycles. The van der Waals surface area contributed by atoms with Crippen LogP contribution >= 0.6 is 11.3 Å². The molecule has 1 unspecified atom stereocenters. The van der Waals surface area contributed by atoms with Gasteiger partial charge in [-0.1, -0.05) is 12.1 Å². The lowest BCUT2D eigenvalue weighted by Crippen LogP contribution is -2.22. The van der Waals surface area contributed by atoms with E-state index >= 15 is 0 Å². The fraction of sp³-hybridized carbons (Fsp3) is 0.312. The molecular formula is C16H16FNO2S. The maximum Gasteiger partial charge on any atom is 0.307 e. The van der Waals surface area contributed by atoms with E-state index in [1.807, 2.05) is 23.6 Å². The molecule has 1 aliphatic rings. The van der Waals surface area contributed by atoms with Crippen molar-refractivity contribution in [2.24, 2.45) is 5.92 Å². The van der Waals surface area contributed by atoms with Gasteiger partial charge in [-0.15, -0.1) is 11.3 Å². The van der Waals surface area contributed by atoms with Crippen molar-refractivity contribution in [1.29, 1.82) is 0 Å². The summed E-state index contributed by atoms with van der Waals surface area (Å²) in [6.07, 6.45) is 0.689.